The molecule has 15 heteroatoms. The molecule has 281 valence electrons. The number of carbonyl (C=O) groups is 4. The van der Waals surface area contributed by atoms with E-state index in [0.29, 0.717) is 25.8 Å². The van der Waals surface area contributed by atoms with Crippen molar-refractivity contribution < 1.29 is 28.7 Å². The van der Waals surface area contributed by atoms with Crippen LogP contribution in [-0.2, 0) is 35.1 Å². The molecular weight excluding hydrogens is 669 g/mol. The number of thiazole rings is 1. The van der Waals surface area contributed by atoms with Crippen LogP contribution in [0, 0.1) is 17.8 Å². The van der Waals surface area contributed by atoms with Crippen LogP contribution < -0.4 is 21.8 Å². The molecule has 0 bridgehead atoms. The van der Waals surface area contributed by atoms with Gasteiger partial charge in [-0.2, -0.15) is 0 Å². The third kappa shape index (κ3) is 11.6. The molecule has 3 rings (SSSR count). The standard InChI is InChI=1S/C36H57BN7O6S/c1-9-24(6)32(43(7)36(48)31(23(4)5)41-34(47)30(22(2)3)42-37-50-38)28(49-8)21-29(45)44-18-13-16-27(44)33(46)40-26(35-39-17-19-51-35)20-25-14-11-10-12-15-25/h10-12,14-15,17,19,22-24,26-28,30-32,42H,9,13,16,18,20-21,38H2,1-8H3,(H,40,46)(H,41,47)/t24-,26?,27-,28+,30?,31-,32-/m0/s1. The minimum atomic E-state index is -0.836. The molecular formula is C36H57BN7O6S. The number of aromatic nitrogens is 1. The van der Waals surface area contributed by atoms with Gasteiger partial charge in [0.25, 0.3) is 0 Å². The minimum absolute atomic E-state index is 0.0141. The molecule has 1 radical (unpaired) electrons. The molecule has 0 aliphatic carbocycles. The second-order valence-electron chi connectivity index (χ2n) is 14.0. The average molecular weight is 727 g/mol. The zero-order valence-electron chi connectivity index (χ0n) is 31.3. The van der Waals surface area contributed by atoms with Crippen LogP contribution in [0.25, 0.3) is 0 Å². The third-order valence-corrected chi connectivity index (χ3v) is 10.7. The molecule has 0 spiro atoms. The van der Waals surface area contributed by atoms with Crippen LogP contribution in [0.2, 0.25) is 0 Å². The Kier molecular flexibility index (Phi) is 17.0. The van der Waals surface area contributed by atoms with Gasteiger partial charge in [0.05, 0.1) is 30.7 Å². The number of amides is 4. The molecule has 7 atom stereocenters. The van der Waals surface area contributed by atoms with Gasteiger partial charge < -0.3 is 35.2 Å². The summed E-state index contributed by atoms with van der Waals surface area (Å²) in [7, 11) is 4.38. The summed E-state index contributed by atoms with van der Waals surface area (Å²) in [5.41, 5.74) is 1.07. The van der Waals surface area contributed by atoms with Crippen LogP contribution in [0.15, 0.2) is 41.9 Å². The lowest BCUT2D eigenvalue weighted by atomic mass is 9.89. The van der Waals surface area contributed by atoms with Crippen molar-refractivity contribution in [3.05, 3.63) is 52.5 Å². The number of nitrogens with zero attached hydrogens (tertiary/aromatic N) is 3. The average Bonchev–Trinajstić information content (AvgIpc) is 3.83. The van der Waals surface area contributed by atoms with Crippen LogP contribution in [0.3, 0.4) is 0 Å². The summed E-state index contributed by atoms with van der Waals surface area (Å²) in [6.07, 6.45) is 3.61. The number of rotatable bonds is 20. The monoisotopic (exact) mass is 726 g/mol. The zero-order chi connectivity index (χ0) is 37.7. The van der Waals surface area contributed by atoms with E-state index in [2.05, 4.69) is 25.6 Å². The van der Waals surface area contributed by atoms with Gasteiger partial charge in [0.2, 0.25) is 23.6 Å². The zero-order valence-corrected chi connectivity index (χ0v) is 32.2. The molecule has 5 N–H and O–H groups in total. The summed E-state index contributed by atoms with van der Waals surface area (Å²) < 4.78 is 10.5. The van der Waals surface area contributed by atoms with Crippen LogP contribution in [0.4, 0.5) is 0 Å². The summed E-state index contributed by atoms with van der Waals surface area (Å²) in [4.78, 5) is 63.0. The molecule has 1 fully saturated rings. The first kappa shape index (κ1) is 42.1. The molecule has 2 aromatic rings. The molecule has 1 aliphatic rings. The van der Waals surface area contributed by atoms with Crippen LogP contribution in [0.1, 0.15) is 83.8 Å². The fourth-order valence-electron chi connectivity index (χ4n) is 6.74. The molecule has 2 unspecified atom stereocenters. The summed E-state index contributed by atoms with van der Waals surface area (Å²) in [6.45, 7) is 12.0. The molecule has 1 aromatic heterocycles. The highest BCUT2D eigenvalue weighted by Gasteiger charge is 2.41. The molecule has 2 heterocycles. The number of ether oxygens (including phenoxy) is 1. The van der Waals surface area contributed by atoms with Gasteiger partial charge in [-0.05, 0) is 42.6 Å². The summed E-state index contributed by atoms with van der Waals surface area (Å²) in [5.74, 6) is 3.65. The maximum Gasteiger partial charge on any atom is 0.420 e. The molecule has 51 heavy (non-hydrogen) atoms. The number of nitrogens with one attached hydrogen (secondary N) is 3. The molecule has 1 aliphatic heterocycles. The van der Waals surface area contributed by atoms with Gasteiger partial charge >= 0.3 is 7.62 Å². The second kappa shape index (κ2) is 20.6. The first-order valence-corrected chi connectivity index (χ1v) is 18.8. The second-order valence-corrected chi connectivity index (χ2v) is 15.0. The Morgan fingerprint density at radius 1 is 1.08 bits per heavy atom. The molecule has 13 nitrogen and oxygen atoms in total. The fourth-order valence-corrected chi connectivity index (χ4v) is 7.43. The van der Waals surface area contributed by atoms with E-state index in [1.54, 1.807) is 30.2 Å². The lowest BCUT2D eigenvalue weighted by Gasteiger charge is -2.40. The van der Waals surface area contributed by atoms with Crippen molar-refractivity contribution in [2.24, 2.45) is 23.7 Å². The first-order chi connectivity index (χ1) is 24.3. The highest BCUT2D eigenvalue weighted by atomic mass is 32.1. The van der Waals surface area contributed by atoms with Crippen LogP contribution in [-0.4, -0.2) is 97.0 Å². The predicted molar refractivity (Wildman–Crippen MR) is 199 cm³/mol. The lowest BCUT2D eigenvalue weighted by molar-refractivity contribution is -0.147. The maximum absolute atomic E-state index is 14.2. The Morgan fingerprint density at radius 2 is 1.76 bits per heavy atom. The quantitative estimate of drug-likeness (QED) is 0.119. The summed E-state index contributed by atoms with van der Waals surface area (Å²) >= 11 is 1.49. The number of methoxy groups -OCH3 is 1. The van der Waals surface area contributed by atoms with Gasteiger partial charge in [0.15, 0.2) is 0 Å². The van der Waals surface area contributed by atoms with Crippen molar-refractivity contribution in [1.29, 1.82) is 0 Å². The number of likely N-dealkylation sites (tertiary alicyclic amines) is 1. The highest BCUT2D eigenvalue weighted by Crippen LogP contribution is 2.27. The van der Waals surface area contributed by atoms with Crippen molar-refractivity contribution in [3.63, 3.8) is 0 Å². The topological polar surface area (TPSA) is 168 Å². The van der Waals surface area contributed by atoms with E-state index < -0.39 is 30.3 Å². The summed E-state index contributed by atoms with van der Waals surface area (Å²) in [5, 5.41) is 11.7. The third-order valence-electron chi connectivity index (χ3n) is 9.80. The smallest absolute Gasteiger partial charge is 0.379 e. The first-order valence-electron chi connectivity index (χ1n) is 17.9. The number of carbonyl (C=O) groups excluding carboxylic acids is 4. The Morgan fingerprint density at radius 3 is 2.33 bits per heavy atom. The number of benzene rings is 1. The SMILES string of the molecule is CC[C@H](C)[C@@H]([C@@H](CC(=O)N1CCC[C@H]1C(=O)NC(Cc1ccccc1)c1nccs1)OC)N(C)C(=O)[C@@H](NC(=O)C(N[B]ON)C(C)C)C(C)C. The summed E-state index contributed by atoms with van der Waals surface area (Å²) in [6, 6.07) is 6.98. The van der Waals surface area contributed by atoms with E-state index in [1.807, 2.05) is 77.3 Å². The van der Waals surface area contributed by atoms with E-state index >= 15 is 0 Å². The Hall–Kier alpha value is -3.37. The molecule has 1 aromatic carbocycles. The number of nitrogens with two attached hydrogens (primary N) is 1. The maximum atomic E-state index is 14.2. The molecule has 1 saturated heterocycles. The van der Waals surface area contributed by atoms with Gasteiger partial charge in [-0.15, -0.1) is 11.3 Å². The number of hydrogen-bond donors (Lipinski definition) is 4. The lowest BCUT2D eigenvalue weighted by Crippen LogP contribution is -2.60. The van der Waals surface area contributed by atoms with Crippen molar-refractivity contribution >= 4 is 42.6 Å². The Labute approximate surface area is 308 Å². The Balaban J connectivity index is 1.77. The largest absolute Gasteiger partial charge is 0.420 e. The van der Waals surface area contributed by atoms with E-state index in [4.69, 9.17) is 10.6 Å². The van der Waals surface area contributed by atoms with Gasteiger partial charge in [-0.1, -0.05) is 78.3 Å². The van der Waals surface area contributed by atoms with Crippen LogP contribution in [0.5, 0.6) is 0 Å². The fraction of sp³-hybridized carbons (Fsp3) is 0.639. The normalized spacial score (nSPS) is 18.1. The van der Waals surface area contributed by atoms with Gasteiger partial charge in [-0.3, -0.25) is 19.2 Å². The van der Waals surface area contributed by atoms with E-state index in [1.165, 1.54) is 11.3 Å². The van der Waals surface area contributed by atoms with Crippen molar-refractivity contribution in [1.82, 2.24) is 30.6 Å². The van der Waals surface area contributed by atoms with Crippen molar-refractivity contribution in [3.8, 4) is 0 Å². The van der Waals surface area contributed by atoms with E-state index in [9.17, 15) is 19.2 Å². The van der Waals surface area contributed by atoms with Gasteiger partial charge in [0.1, 0.15) is 17.1 Å². The van der Waals surface area contributed by atoms with Gasteiger partial charge in [-0.25, -0.2) is 10.9 Å². The van der Waals surface area contributed by atoms with Crippen molar-refractivity contribution in [2.45, 2.75) is 110 Å². The molecule has 0 saturated carbocycles. The van der Waals surface area contributed by atoms with Gasteiger partial charge in [0, 0.05) is 32.3 Å². The predicted octanol–water partition coefficient (Wildman–Crippen LogP) is 2.99. The van der Waals surface area contributed by atoms with E-state index in [0.717, 1.165) is 24.6 Å². The molecule has 4 amide bonds. The Bertz CT molecular complexity index is 1390. The van der Waals surface area contributed by atoms with Crippen LogP contribution >= 0.6 is 11.3 Å². The van der Waals surface area contributed by atoms with Crippen molar-refractivity contribution in [2.75, 3.05) is 20.7 Å². The number of hydrogen-bond acceptors (Lipinski definition) is 10. The highest BCUT2D eigenvalue weighted by molar-refractivity contribution is 7.09. The van der Waals surface area contributed by atoms with E-state index in [-0.39, 0.29) is 53.8 Å². The number of likely N-dealkylation sites (N-methyl/N-ethyl adjacent to an activating group) is 1. The minimum Gasteiger partial charge on any atom is -0.379 e.